The molecule has 114 valence electrons. The first-order valence-electron chi connectivity index (χ1n) is 7.23. The average Bonchev–Trinajstić information content (AvgIpc) is 2.40. The van der Waals surface area contributed by atoms with Crippen molar-refractivity contribution in [3.63, 3.8) is 0 Å². The summed E-state index contributed by atoms with van der Waals surface area (Å²) >= 11 is 0. The van der Waals surface area contributed by atoms with Crippen LogP contribution in [-0.2, 0) is 0 Å². The summed E-state index contributed by atoms with van der Waals surface area (Å²) in [4.78, 5) is 0. The van der Waals surface area contributed by atoms with E-state index in [1.165, 1.54) is 0 Å². The van der Waals surface area contributed by atoms with Gasteiger partial charge in [0.05, 0.1) is 6.61 Å². The maximum absolute atomic E-state index is 9.89. The second kappa shape index (κ2) is 8.95. The van der Waals surface area contributed by atoms with Gasteiger partial charge in [0, 0.05) is 12.6 Å². The van der Waals surface area contributed by atoms with Crippen molar-refractivity contribution in [3.8, 4) is 5.75 Å². The van der Waals surface area contributed by atoms with Crippen molar-refractivity contribution in [3.05, 3.63) is 29.8 Å². The summed E-state index contributed by atoms with van der Waals surface area (Å²) < 4.78 is 5.54. The van der Waals surface area contributed by atoms with Crippen LogP contribution in [0.4, 0.5) is 0 Å². The molecule has 0 radical (unpaired) electrons. The molecule has 4 heteroatoms. The van der Waals surface area contributed by atoms with E-state index in [2.05, 4.69) is 19.2 Å². The average molecular weight is 281 g/mol. The molecule has 0 aliphatic heterocycles. The van der Waals surface area contributed by atoms with Crippen LogP contribution in [0.2, 0.25) is 0 Å². The van der Waals surface area contributed by atoms with E-state index >= 15 is 0 Å². The van der Waals surface area contributed by atoms with E-state index in [-0.39, 0.29) is 19.3 Å². The second-order valence-corrected chi connectivity index (χ2v) is 5.70. The van der Waals surface area contributed by atoms with Gasteiger partial charge >= 0.3 is 0 Å². The fourth-order valence-electron chi connectivity index (χ4n) is 2.05. The molecule has 4 nitrogen and oxygen atoms in total. The van der Waals surface area contributed by atoms with E-state index in [9.17, 15) is 10.2 Å². The number of hydrogen-bond acceptors (Lipinski definition) is 4. The summed E-state index contributed by atoms with van der Waals surface area (Å²) in [6, 6.07) is 7.78. The summed E-state index contributed by atoms with van der Waals surface area (Å²) in [5.41, 5.74) is 1.13. The van der Waals surface area contributed by atoms with E-state index < -0.39 is 6.10 Å². The lowest BCUT2D eigenvalue weighted by molar-refractivity contribution is 0.0981. The molecule has 0 spiro atoms. The zero-order valence-corrected chi connectivity index (χ0v) is 12.7. The molecule has 0 aliphatic rings. The molecule has 0 bridgehead atoms. The fraction of sp³-hybridized carbons (Fsp3) is 0.625. The Morgan fingerprint density at radius 1 is 1.30 bits per heavy atom. The van der Waals surface area contributed by atoms with Gasteiger partial charge < -0.3 is 20.3 Å². The van der Waals surface area contributed by atoms with Crippen LogP contribution >= 0.6 is 0 Å². The van der Waals surface area contributed by atoms with Gasteiger partial charge in [-0.05, 0) is 37.0 Å². The van der Waals surface area contributed by atoms with Gasteiger partial charge in [-0.15, -0.1) is 0 Å². The Morgan fingerprint density at radius 3 is 2.65 bits per heavy atom. The number of aryl methyl sites for hydroxylation is 1. The lowest BCUT2D eigenvalue weighted by atomic mass is 10.0. The highest BCUT2D eigenvalue weighted by molar-refractivity contribution is 5.27. The zero-order valence-electron chi connectivity index (χ0n) is 12.7. The van der Waals surface area contributed by atoms with Gasteiger partial charge in [0.25, 0.3) is 0 Å². The lowest BCUT2D eigenvalue weighted by Gasteiger charge is -2.20. The van der Waals surface area contributed by atoms with Gasteiger partial charge in [0.1, 0.15) is 18.5 Å². The van der Waals surface area contributed by atoms with Gasteiger partial charge in [0.2, 0.25) is 0 Å². The molecule has 2 atom stereocenters. The van der Waals surface area contributed by atoms with Crippen LogP contribution < -0.4 is 10.1 Å². The molecule has 0 saturated heterocycles. The normalized spacial score (nSPS) is 14.3. The van der Waals surface area contributed by atoms with Crippen molar-refractivity contribution < 1.29 is 14.9 Å². The van der Waals surface area contributed by atoms with Crippen molar-refractivity contribution in [1.82, 2.24) is 5.32 Å². The highest BCUT2D eigenvalue weighted by atomic mass is 16.5. The Labute approximate surface area is 121 Å². The molecule has 1 aromatic rings. The first-order chi connectivity index (χ1) is 9.51. The predicted molar refractivity (Wildman–Crippen MR) is 81.0 cm³/mol. The third-order valence-corrected chi connectivity index (χ3v) is 3.05. The smallest absolute Gasteiger partial charge is 0.119 e. The quantitative estimate of drug-likeness (QED) is 0.645. The fourth-order valence-corrected chi connectivity index (χ4v) is 2.05. The first kappa shape index (κ1) is 17.0. The second-order valence-electron chi connectivity index (χ2n) is 5.70. The van der Waals surface area contributed by atoms with Gasteiger partial charge in [-0.1, -0.05) is 26.0 Å². The summed E-state index contributed by atoms with van der Waals surface area (Å²) in [5.74, 6) is 1.28. The minimum Gasteiger partial charge on any atom is -0.491 e. The Bertz CT molecular complexity index is 382. The van der Waals surface area contributed by atoms with Crippen molar-refractivity contribution in [2.75, 3.05) is 19.8 Å². The van der Waals surface area contributed by atoms with E-state index in [4.69, 9.17) is 4.74 Å². The van der Waals surface area contributed by atoms with E-state index in [0.717, 1.165) is 17.7 Å². The zero-order chi connectivity index (χ0) is 15.0. The maximum Gasteiger partial charge on any atom is 0.119 e. The van der Waals surface area contributed by atoms with Gasteiger partial charge in [0.15, 0.2) is 0 Å². The molecule has 1 aromatic carbocycles. The molecule has 20 heavy (non-hydrogen) atoms. The molecular formula is C16H27NO3. The van der Waals surface area contributed by atoms with Gasteiger partial charge in [-0.2, -0.15) is 0 Å². The minimum atomic E-state index is -0.586. The van der Waals surface area contributed by atoms with E-state index in [0.29, 0.717) is 12.5 Å². The number of benzene rings is 1. The van der Waals surface area contributed by atoms with Crippen LogP contribution in [0.15, 0.2) is 24.3 Å². The molecule has 0 amide bonds. The summed E-state index contributed by atoms with van der Waals surface area (Å²) in [6.07, 6.45) is 0.304. The predicted octanol–water partition coefficient (Wildman–Crippen LogP) is 1.73. The molecule has 3 N–H and O–H groups in total. The topological polar surface area (TPSA) is 61.7 Å². The third kappa shape index (κ3) is 6.89. The molecule has 0 fully saturated rings. The molecule has 0 aliphatic carbocycles. The van der Waals surface area contributed by atoms with Crippen LogP contribution in [0, 0.1) is 12.8 Å². The largest absolute Gasteiger partial charge is 0.491 e. The number of rotatable bonds is 9. The Balaban J connectivity index is 2.27. The Kier molecular flexibility index (Phi) is 7.59. The highest BCUT2D eigenvalue weighted by Crippen LogP contribution is 2.12. The van der Waals surface area contributed by atoms with Crippen LogP contribution in [0.3, 0.4) is 0 Å². The molecule has 1 rings (SSSR count). The monoisotopic (exact) mass is 281 g/mol. The van der Waals surface area contributed by atoms with E-state index in [1.54, 1.807) is 0 Å². The number of nitrogens with one attached hydrogen (secondary N) is 1. The first-order valence-corrected chi connectivity index (χ1v) is 7.23. The lowest BCUT2D eigenvalue weighted by Crippen LogP contribution is -2.40. The van der Waals surface area contributed by atoms with Crippen LogP contribution in [0.1, 0.15) is 25.8 Å². The van der Waals surface area contributed by atoms with Gasteiger partial charge in [-0.25, -0.2) is 0 Å². The van der Waals surface area contributed by atoms with Crippen molar-refractivity contribution >= 4 is 0 Å². The molecular weight excluding hydrogens is 254 g/mol. The third-order valence-electron chi connectivity index (χ3n) is 3.05. The Morgan fingerprint density at radius 2 is 2.05 bits per heavy atom. The molecule has 2 unspecified atom stereocenters. The van der Waals surface area contributed by atoms with Crippen molar-refractivity contribution in [2.45, 2.75) is 39.3 Å². The number of hydrogen-bond donors (Lipinski definition) is 3. The van der Waals surface area contributed by atoms with Crippen molar-refractivity contribution in [2.24, 2.45) is 5.92 Å². The maximum atomic E-state index is 9.89. The minimum absolute atomic E-state index is 0.0311. The van der Waals surface area contributed by atoms with E-state index in [1.807, 2.05) is 31.2 Å². The van der Waals surface area contributed by atoms with Crippen LogP contribution in [-0.4, -0.2) is 42.1 Å². The SMILES string of the molecule is Cc1cccc(OCC(O)CNC(CO)CC(C)C)c1. The van der Waals surface area contributed by atoms with Crippen LogP contribution in [0.5, 0.6) is 5.75 Å². The standard InChI is InChI=1S/C16H27NO3/c1-12(2)7-14(10-18)17-9-15(19)11-20-16-6-4-5-13(3)8-16/h4-6,8,12,14-15,17-19H,7,9-11H2,1-3H3. The summed E-state index contributed by atoms with van der Waals surface area (Å²) in [6.45, 7) is 6.98. The number of ether oxygens (including phenoxy) is 1. The number of aliphatic hydroxyl groups excluding tert-OH is 2. The van der Waals surface area contributed by atoms with Crippen molar-refractivity contribution in [1.29, 1.82) is 0 Å². The number of aliphatic hydroxyl groups is 2. The molecule has 0 heterocycles. The summed E-state index contributed by atoms with van der Waals surface area (Å²) in [5, 5.41) is 22.3. The Hall–Kier alpha value is -1.10. The highest BCUT2D eigenvalue weighted by Gasteiger charge is 2.12. The van der Waals surface area contributed by atoms with Crippen LogP contribution in [0.25, 0.3) is 0 Å². The molecule has 0 aromatic heterocycles. The van der Waals surface area contributed by atoms with Gasteiger partial charge in [-0.3, -0.25) is 0 Å². The summed E-state index contributed by atoms with van der Waals surface area (Å²) in [7, 11) is 0. The molecule has 0 saturated carbocycles.